The number of likely N-dealkylation sites (tertiary alicyclic amines) is 2. The molecule has 2 saturated heterocycles. The predicted octanol–water partition coefficient (Wildman–Crippen LogP) is 2.02. The molecule has 0 atom stereocenters. The SMILES string of the molecule is CCC(C)(C)NC(=O)CN1CCC(C(=O)N2CCCCC2)CC1. The minimum atomic E-state index is -0.139. The molecule has 0 aromatic rings. The summed E-state index contributed by atoms with van der Waals surface area (Å²) in [5, 5.41) is 3.08. The molecular formula is C18H33N3O2. The van der Waals surface area contributed by atoms with Crippen LogP contribution in [0.2, 0.25) is 0 Å². The number of rotatable bonds is 5. The molecule has 0 aromatic carbocycles. The van der Waals surface area contributed by atoms with Crippen molar-refractivity contribution in [1.82, 2.24) is 15.1 Å². The second-order valence-corrected chi connectivity index (χ2v) is 7.72. The molecule has 132 valence electrons. The van der Waals surface area contributed by atoms with Gasteiger partial charge in [-0.1, -0.05) is 6.92 Å². The Morgan fingerprint density at radius 2 is 1.65 bits per heavy atom. The zero-order valence-corrected chi connectivity index (χ0v) is 15.1. The molecule has 1 N–H and O–H groups in total. The standard InChI is InChI=1S/C18H33N3O2/c1-4-18(2,3)19-16(22)14-20-12-8-15(9-13-20)17(23)21-10-6-5-7-11-21/h15H,4-14H2,1-3H3,(H,19,22). The van der Waals surface area contributed by atoms with E-state index < -0.39 is 0 Å². The van der Waals surface area contributed by atoms with E-state index in [4.69, 9.17) is 0 Å². The quantitative estimate of drug-likeness (QED) is 0.842. The van der Waals surface area contributed by atoms with Crippen molar-refractivity contribution in [2.75, 3.05) is 32.7 Å². The van der Waals surface area contributed by atoms with Gasteiger partial charge in [-0.05, 0) is 65.5 Å². The largest absolute Gasteiger partial charge is 0.350 e. The van der Waals surface area contributed by atoms with Crippen molar-refractivity contribution < 1.29 is 9.59 Å². The van der Waals surface area contributed by atoms with E-state index in [-0.39, 0.29) is 17.4 Å². The summed E-state index contributed by atoms with van der Waals surface area (Å²) in [7, 11) is 0. The molecule has 0 unspecified atom stereocenters. The van der Waals surface area contributed by atoms with Crippen LogP contribution in [0.5, 0.6) is 0 Å². The van der Waals surface area contributed by atoms with Crippen molar-refractivity contribution in [3.8, 4) is 0 Å². The van der Waals surface area contributed by atoms with E-state index >= 15 is 0 Å². The minimum Gasteiger partial charge on any atom is -0.350 e. The van der Waals surface area contributed by atoms with Gasteiger partial charge in [-0.3, -0.25) is 14.5 Å². The smallest absolute Gasteiger partial charge is 0.234 e. The molecule has 5 nitrogen and oxygen atoms in total. The lowest BCUT2D eigenvalue weighted by Crippen LogP contribution is -2.50. The molecule has 2 heterocycles. The van der Waals surface area contributed by atoms with E-state index in [1.54, 1.807) is 0 Å². The van der Waals surface area contributed by atoms with Gasteiger partial charge in [0.2, 0.25) is 11.8 Å². The minimum absolute atomic E-state index is 0.0951. The average molecular weight is 323 g/mol. The number of hydrogen-bond donors (Lipinski definition) is 1. The van der Waals surface area contributed by atoms with Gasteiger partial charge < -0.3 is 10.2 Å². The molecular weight excluding hydrogens is 290 g/mol. The van der Waals surface area contributed by atoms with Crippen molar-refractivity contribution in [2.24, 2.45) is 5.92 Å². The van der Waals surface area contributed by atoms with Crippen LogP contribution in [-0.2, 0) is 9.59 Å². The Morgan fingerprint density at radius 3 is 2.22 bits per heavy atom. The maximum atomic E-state index is 12.5. The summed E-state index contributed by atoms with van der Waals surface area (Å²) in [6.45, 7) is 10.2. The van der Waals surface area contributed by atoms with Crippen LogP contribution in [0.4, 0.5) is 0 Å². The first-order chi connectivity index (χ1) is 10.9. The van der Waals surface area contributed by atoms with Gasteiger partial charge in [0, 0.05) is 24.5 Å². The number of piperidine rings is 2. The molecule has 5 heteroatoms. The molecule has 0 saturated carbocycles. The van der Waals surface area contributed by atoms with Crippen LogP contribution in [0.1, 0.15) is 59.3 Å². The Morgan fingerprint density at radius 1 is 1.04 bits per heavy atom. The lowest BCUT2D eigenvalue weighted by Gasteiger charge is -2.35. The lowest BCUT2D eigenvalue weighted by atomic mass is 9.94. The van der Waals surface area contributed by atoms with Crippen LogP contribution in [0.3, 0.4) is 0 Å². The molecule has 0 aromatic heterocycles. The summed E-state index contributed by atoms with van der Waals surface area (Å²) in [6, 6.07) is 0. The number of carbonyl (C=O) groups is 2. The third kappa shape index (κ3) is 5.48. The molecule has 2 aliphatic heterocycles. The van der Waals surface area contributed by atoms with Gasteiger partial charge in [0.15, 0.2) is 0 Å². The van der Waals surface area contributed by atoms with E-state index in [0.717, 1.165) is 58.3 Å². The summed E-state index contributed by atoms with van der Waals surface area (Å²) in [5.74, 6) is 0.609. The van der Waals surface area contributed by atoms with Gasteiger partial charge in [-0.15, -0.1) is 0 Å². The summed E-state index contributed by atoms with van der Waals surface area (Å²) >= 11 is 0. The summed E-state index contributed by atoms with van der Waals surface area (Å²) in [6.07, 6.45) is 6.26. The molecule has 0 radical (unpaired) electrons. The van der Waals surface area contributed by atoms with E-state index in [0.29, 0.717) is 12.5 Å². The van der Waals surface area contributed by atoms with E-state index in [1.807, 2.05) is 0 Å². The second kappa shape index (κ2) is 8.13. The van der Waals surface area contributed by atoms with Crippen molar-refractivity contribution in [3.05, 3.63) is 0 Å². The number of amides is 2. The fraction of sp³-hybridized carbons (Fsp3) is 0.889. The van der Waals surface area contributed by atoms with E-state index in [1.165, 1.54) is 6.42 Å². The monoisotopic (exact) mass is 323 g/mol. The van der Waals surface area contributed by atoms with Gasteiger partial charge >= 0.3 is 0 Å². The Balaban J connectivity index is 1.73. The predicted molar refractivity (Wildman–Crippen MR) is 92.1 cm³/mol. The Bertz CT molecular complexity index is 408. The highest BCUT2D eigenvalue weighted by atomic mass is 16.2. The molecule has 0 aliphatic carbocycles. The molecule has 23 heavy (non-hydrogen) atoms. The third-order valence-corrected chi connectivity index (χ3v) is 5.33. The van der Waals surface area contributed by atoms with Crippen LogP contribution in [-0.4, -0.2) is 59.9 Å². The van der Waals surface area contributed by atoms with Gasteiger partial charge in [-0.2, -0.15) is 0 Å². The van der Waals surface area contributed by atoms with Gasteiger partial charge in [0.1, 0.15) is 0 Å². The number of hydrogen-bond acceptors (Lipinski definition) is 3. The molecule has 2 rings (SSSR count). The number of nitrogens with zero attached hydrogens (tertiary/aromatic N) is 2. The van der Waals surface area contributed by atoms with Crippen LogP contribution in [0.15, 0.2) is 0 Å². The van der Waals surface area contributed by atoms with Crippen LogP contribution in [0, 0.1) is 5.92 Å². The third-order valence-electron chi connectivity index (χ3n) is 5.33. The highest BCUT2D eigenvalue weighted by Crippen LogP contribution is 2.21. The van der Waals surface area contributed by atoms with Gasteiger partial charge in [-0.25, -0.2) is 0 Å². The fourth-order valence-corrected chi connectivity index (χ4v) is 3.42. The van der Waals surface area contributed by atoms with E-state index in [2.05, 4.69) is 35.9 Å². The number of carbonyl (C=O) groups excluding carboxylic acids is 2. The topological polar surface area (TPSA) is 52.7 Å². The van der Waals surface area contributed by atoms with Crippen molar-refractivity contribution in [1.29, 1.82) is 0 Å². The fourth-order valence-electron chi connectivity index (χ4n) is 3.42. The summed E-state index contributed by atoms with van der Waals surface area (Å²) in [5.41, 5.74) is -0.139. The van der Waals surface area contributed by atoms with Gasteiger partial charge in [0.25, 0.3) is 0 Å². The Kier molecular flexibility index (Phi) is 6.45. The lowest BCUT2D eigenvalue weighted by molar-refractivity contribution is -0.138. The van der Waals surface area contributed by atoms with Crippen molar-refractivity contribution in [2.45, 2.75) is 64.8 Å². The molecule has 2 fully saturated rings. The average Bonchev–Trinajstić information content (AvgIpc) is 2.55. The highest BCUT2D eigenvalue weighted by Gasteiger charge is 2.30. The van der Waals surface area contributed by atoms with Crippen LogP contribution >= 0.6 is 0 Å². The zero-order valence-electron chi connectivity index (χ0n) is 15.1. The maximum Gasteiger partial charge on any atom is 0.234 e. The van der Waals surface area contributed by atoms with E-state index in [9.17, 15) is 9.59 Å². The Labute approximate surface area is 140 Å². The van der Waals surface area contributed by atoms with Crippen molar-refractivity contribution in [3.63, 3.8) is 0 Å². The Hall–Kier alpha value is -1.10. The first kappa shape index (κ1) is 18.2. The van der Waals surface area contributed by atoms with Crippen LogP contribution in [0.25, 0.3) is 0 Å². The zero-order chi connectivity index (χ0) is 16.9. The highest BCUT2D eigenvalue weighted by molar-refractivity contribution is 5.80. The normalized spacial score (nSPS) is 21.3. The molecule has 0 bridgehead atoms. The summed E-state index contributed by atoms with van der Waals surface area (Å²) in [4.78, 5) is 28.9. The molecule has 2 amide bonds. The number of nitrogens with one attached hydrogen (secondary N) is 1. The second-order valence-electron chi connectivity index (χ2n) is 7.72. The van der Waals surface area contributed by atoms with Crippen LogP contribution < -0.4 is 5.32 Å². The van der Waals surface area contributed by atoms with Crippen molar-refractivity contribution >= 4 is 11.8 Å². The summed E-state index contributed by atoms with van der Waals surface area (Å²) < 4.78 is 0. The first-order valence-electron chi connectivity index (χ1n) is 9.23. The maximum absolute atomic E-state index is 12.5. The first-order valence-corrected chi connectivity index (χ1v) is 9.23. The van der Waals surface area contributed by atoms with Gasteiger partial charge in [0.05, 0.1) is 6.54 Å². The molecule has 2 aliphatic rings. The molecule has 0 spiro atoms.